The molecule has 156 valence electrons. The quantitative estimate of drug-likeness (QED) is 0.309. The Kier molecular flexibility index (Phi) is 9.07. The fourth-order valence-corrected chi connectivity index (χ4v) is 3.39. The number of piperidine rings is 1. The zero-order valence-corrected chi connectivity index (χ0v) is 17.4. The number of amides is 1. The van der Waals surface area contributed by atoms with Crippen LogP contribution in [0.25, 0.3) is 0 Å². The predicted octanol–water partition coefficient (Wildman–Crippen LogP) is 1.80. The molecule has 1 aromatic rings. The first kappa shape index (κ1) is 22.0. The number of guanidine groups is 1. The van der Waals surface area contributed by atoms with Gasteiger partial charge in [0, 0.05) is 38.8 Å². The molecule has 0 spiro atoms. The number of likely N-dealkylation sites (tertiary alicyclic amines) is 1. The van der Waals surface area contributed by atoms with E-state index in [-0.39, 0.29) is 17.2 Å². The van der Waals surface area contributed by atoms with Crippen molar-refractivity contribution in [2.75, 3.05) is 39.3 Å². The Hall–Kier alpha value is -2.28. The van der Waals surface area contributed by atoms with Gasteiger partial charge in [0.25, 0.3) is 5.91 Å². The van der Waals surface area contributed by atoms with Gasteiger partial charge in [-0.1, -0.05) is 26.0 Å². The lowest BCUT2D eigenvalue weighted by molar-refractivity contribution is 0.0952. The molecule has 0 atom stereocenters. The molecule has 0 radical (unpaired) electrons. The number of aromatic hydroxyl groups is 1. The van der Waals surface area contributed by atoms with Crippen LogP contribution in [0.4, 0.5) is 0 Å². The van der Waals surface area contributed by atoms with Gasteiger partial charge in [-0.25, -0.2) is 0 Å². The van der Waals surface area contributed by atoms with Crippen LogP contribution in [-0.4, -0.2) is 67.2 Å². The second kappa shape index (κ2) is 11.5. The van der Waals surface area contributed by atoms with Crippen LogP contribution in [0.2, 0.25) is 0 Å². The van der Waals surface area contributed by atoms with Crippen LogP contribution in [0.5, 0.6) is 5.75 Å². The number of nitrogens with one attached hydrogen (secondary N) is 3. The molecule has 1 amide bonds. The third-order valence-corrected chi connectivity index (χ3v) is 4.71. The van der Waals surface area contributed by atoms with E-state index in [9.17, 15) is 9.90 Å². The summed E-state index contributed by atoms with van der Waals surface area (Å²) < 4.78 is 0. The first-order chi connectivity index (χ1) is 13.5. The second-order valence-corrected chi connectivity index (χ2v) is 7.65. The maximum atomic E-state index is 12.1. The molecule has 7 heteroatoms. The molecule has 0 saturated carbocycles. The van der Waals surface area contributed by atoms with Gasteiger partial charge in [-0.05, 0) is 37.8 Å². The third kappa shape index (κ3) is 7.38. The lowest BCUT2D eigenvalue weighted by Crippen LogP contribution is -2.49. The number of para-hydroxylation sites is 1. The Morgan fingerprint density at radius 1 is 1.25 bits per heavy atom. The molecule has 28 heavy (non-hydrogen) atoms. The van der Waals surface area contributed by atoms with Gasteiger partial charge >= 0.3 is 0 Å². The van der Waals surface area contributed by atoms with Gasteiger partial charge < -0.3 is 26.0 Å². The number of phenolic OH excluding ortho intramolecular Hbond substituents is 1. The van der Waals surface area contributed by atoms with Crippen LogP contribution in [-0.2, 0) is 0 Å². The van der Waals surface area contributed by atoms with E-state index in [0.717, 1.165) is 45.0 Å². The predicted molar refractivity (Wildman–Crippen MR) is 114 cm³/mol. The number of hydrogen-bond donors (Lipinski definition) is 4. The van der Waals surface area contributed by atoms with Crippen LogP contribution >= 0.6 is 0 Å². The maximum Gasteiger partial charge on any atom is 0.255 e. The van der Waals surface area contributed by atoms with E-state index in [1.165, 1.54) is 6.07 Å². The van der Waals surface area contributed by atoms with Crippen molar-refractivity contribution in [3.8, 4) is 5.75 Å². The van der Waals surface area contributed by atoms with Crippen molar-refractivity contribution in [2.45, 2.75) is 39.7 Å². The van der Waals surface area contributed by atoms with Crippen molar-refractivity contribution < 1.29 is 9.90 Å². The lowest BCUT2D eigenvalue weighted by Gasteiger charge is -2.34. The average molecular weight is 390 g/mol. The minimum atomic E-state index is -0.288. The Labute approximate surface area is 168 Å². The van der Waals surface area contributed by atoms with Gasteiger partial charge in [-0.2, -0.15) is 0 Å². The van der Waals surface area contributed by atoms with Gasteiger partial charge in [0.15, 0.2) is 5.96 Å². The van der Waals surface area contributed by atoms with Gasteiger partial charge in [0.1, 0.15) is 5.75 Å². The van der Waals surface area contributed by atoms with E-state index in [0.29, 0.717) is 25.0 Å². The van der Waals surface area contributed by atoms with Gasteiger partial charge in [0.05, 0.1) is 12.1 Å². The number of carbonyl (C=O) groups excluding carboxylic acids is 1. The highest BCUT2D eigenvalue weighted by Crippen LogP contribution is 2.15. The molecule has 0 unspecified atom stereocenters. The molecular formula is C21H35N5O2. The monoisotopic (exact) mass is 389 g/mol. The fourth-order valence-electron chi connectivity index (χ4n) is 3.39. The summed E-state index contributed by atoms with van der Waals surface area (Å²) >= 11 is 0. The first-order valence-electron chi connectivity index (χ1n) is 10.3. The van der Waals surface area contributed by atoms with Crippen molar-refractivity contribution in [1.29, 1.82) is 0 Å². The van der Waals surface area contributed by atoms with Crippen molar-refractivity contribution >= 4 is 11.9 Å². The molecule has 4 N–H and O–H groups in total. The number of phenols is 1. The van der Waals surface area contributed by atoms with Crippen LogP contribution in [0.3, 0.4) is 0 Å². The topological polar surface area (TPSA) is 89.0 Å². The molecular weight excluding hydrogens is 354 g/mol. The van der Waals surface area contributed by atoms with Crippen LogP contribution in [0, 0.1) is 5.92 Å². The minimum absolute atomic E-state index is 0.0117. The van der Waals surface area contributed by atoms with Gasteiger partial charge in [0.2, 0.25) is 0 Å². The Morgan fingerprint density at radius 2 is 1.96 bits per heavy atom. The maximum absolute atomic E-state index is 12.1. The Balaban J connectivity index is 1.76. The highest BCUT2D eigenvalue weighted by atomic mass is 16.3. The van der Waals surface area contributed by atoms with Crippen molar-refractivity contribution in [1.82, 2.24) is 20.9 Å². The number of aliphatic imine (C=N–C) groups is 1. The zero-order chi connectivity index (χ0) is 20.4. The van der Waals surface area contributed by atoms with E-state index in [4.69, 9.17) is 0 Å². The van der Waals surface area contributed by atoms with Crippen molar-refractivity contribution in [3.63, 3.8) is 0 Å². The van der Waals surface area contributed by atoms with E-state index in [2.05, 4.69) is 39.7 Å². The summed E-state index contributed by atoms with van der Waals surface area (Å²) in [5, 5.41) is 19.3. The highest BCUT2D eigenvalue weighted by Gasteiger charge is 2.20. The molecule has 0 aliphatic carbocycles. The smallest absolute Gasteiger partial charge is 0.255 e. The Morgan fingerprint density at radius 3 is 2.61 bits per heavy atom. The zero-order valence-electron chi connectivity index (χ0n) is 17.4. The van der Waals surface area contributed by atoms with E-state index >= 15 is 0 Å². The number of hydrogen-bond acceptors (Lipinski definition) is 4. The molecule has 2 rings (SSSR count). The van der Waals surface area contributed by atoms with Gasteiger partial charge in [-0.3, -0.25) is 9.79 Å². The highest BCUT2D eigenvalue weighted by molar-refractivity contribution is 5.96. The standard InChI is InChI=1S/C21H35N5O2/c1-4-22-21(25-17-9-13-26(14-10-17)15-16(2)3)24-12-11-23-20(28)18-7-5-6-8-19(18)27/h5-8,16-17,27H,4,9-15H2,1-3H3,(H,23,28)(H2,22,24,25). The number of carbonyl (C=O) groups is 1. The summed E-state index contributed by atoms with van der Waals surface area (Å²) in [5.41, 5.74) is 0.282. The lowest BCUT2D eigenvalue weighted by atomic mass is 10.0. The normalized spacial score (nSPS) is 16.2. The van der Waals surface area contributed by atoms with Crippen LogP contribution in [0.15, 0.2) is 29.3 Å². The number of nitrogens with zero attached hydrogens (tertiary/aromatic N) is 2. The average Bonchev–Trinajstić information content (AvgIpc) is 2.66. The largest absolute Gasteiger partial charge is 0.507 e. The summed E-state index contributed by atoms with van der Waals surface area (Å²) in [7, 11) is 0. The summed E-state index contributed by atoms with van der Waals surface area (Å²) in [4.78, 5) is 19.2. The molecule has 1 saturated heterocycles. The van der Waals surface area contributed by atoms with E-state index in [1.807, 2.05) is 6.92 Å². The third-order valence-electron chi connectivity index (χ3n) is 4.71. The number of rotatable bonds is 8. The SMILES string of the molecule is CCNC(=NCCNC(=O)c1ccccc1O)NC1CCN(CC(C)C)CC1. The number of benzene rings is 1. The Bertz CT molecular complexity index is 639. The second-order valence-electron chi connectivity index (χ2n) is 7.65. The summed E-state index contributed by atoms with van der Waals surface area (Å²) in [6.07, 6.45) is 2.22. The van der Waals surface area contributed by atoms with E-state index < -0.39 is 0 Å². The molecule has 1 fully saturated rings. The minimum Gasteiger partial charge on any atom is -0.507 e. The summed E-state index contributed by atoms with van der Waals surface area (Å²) in [6.45, 7) is 11.6. The molecule has 1 aliphatic rings. The molecule has 0 bridgehead atoms. The molecule has 1 aliphatic heterocycles. The molecule has 7 nitrogen and oxygen atoms in total. The summed E-state index contributed by atoms with van der Waals surface area (Å²) in [6, 6.07) is 6.96. The first-order valence-corrected chi connectivity index (χ1v) is 10.3. The van der Waals surface area contributed by atoms with Crippen LogP contribution in [0.1, 0.15) is 44.0 Å². The van der Waals surface area contributed by atoms with Crippen molar-refractivity contribution in [3.05, 3.63) is 29.8 Å². The van der Waals surface area contributed by atoms with Crippen LogP contribution < -0.4 is 16.0 Å². The molecule has 1 aromatic carbocycles. The molecule has 1 heterocycles. The molecule has 0 aromatic heterocycles. The van der Waals surface area contributed by atoms with E-state index in [1.54, 1.807) is 18.2 Å². The summed E-state index contributed by atoms with van der Waals surface area (Å²) in [5.74, 6) is 1.20. The van der Waals surface area contributed by atoms with Gasteiger partial charge in [-0.15, -0.1) is 0 Å². The van der Waals surface area contributed by atoms with Crippen molar-refractivity contribution in [2.24, 2.45) is 10.9 Å². The fraction of sp³-hybridized carbons (Fsp3) is 0.619.